The average molecular weight is 278 g/mol. The number of fused-ring (bicyclic) bond motifs is 1. The van der Waals surface area contributed by atoms with Gasteiger partial charge in [-0.3, -0.25) is 4.79 Å². The van der Waals surface area contributed by atoms with Gasteiger partial charge in [0, 0.05) is 5.41 Å². The van der Waals surface area contributed by atoms with E-state index in [0.29, 0.717) is 24.9 Å². The Labute approximate surface area is 119 Å². The van der Waals surface area contributed by atoms with Gasteiger partial charge in [0.1, 0.15) is 13.2 Å². The van der Waals surface area contributed by atoms with Crippen molar-refractivity contribution in [2.24, 2.45) is 0 Å². The molecule has 0 spiro atoms. The third kappa shape index (κ3) is 2.89. The van der Waals surface area contributed by atoms with Gasteiger partial charge in [-0.1, -0.05) is 27.7 Å². The van der Waals surface area contributed by atoms with Crippen molar-refractivity contribution >= 4 is 5.97 Å². The molecule has 0 saturated heterocycles. The molecule has 0 saturated carbocycles. The van der Waals surface area contributed by atoms with E-state index in [2.05, 4.69) is 13.8 Å². The standard InChI is InChI=1S/C16H22O4/c1-10(2)11-7-13-14(20-6-5-19-13)8-12(11)16(3,4)9-15(17)18/h7-8,10H,5-6,9H2,1-4H3,(H,17,18). The van der Waals surface area contributed by atoms with Crippen molar-refractivity contribution in [1.82, 2.24) is 0 Å². The van der Waals surface area contributed by atoms with E-state index >= 15 is 0 Å². The first-order valence-electron chi connectivity index (χ1n) is 6.97. The zero-order chi connectivity index (χ0) is 14.9. The van der Waals surface area contributed by atoms with Gasteiger partial charge in [0.25, 0.3) is 0 Å². The summed E-state index contributed by atoms with van der Waals surface area (Å²) in [6, 6.07) is 3.95. The first kappa shape index (κ1) is 14.7. The highest BCUT2D eigenvalue weighted by Gasteiger charge is 2.30. The second-order valence-electron chi connectivity index (χ2n) is 6.19. The van der Waals surface area contributed by atoms with E-state index in [-0.39, 0.29) is 6.42 Å². The lowest BCUT2D eigenvalue weighted by atomic mass is 9.76. The first-order chi connectivity index (χ1) is 9.31. The molecule has 0 fully saturated rings. The smallest absolute Gasteiger partial charge is 0.304 e. The molecule has 1 N–H and O–H groups in total. The number of benzene rings is 1. The molecule has 0 atom stereocenters. The Morgan fingerprint density at radius 3 is 2.30 bits per heavy atom. The Bertz CT molecular complexity index is 517. The van der Waals surface area contributed by atoms with Gasteiger partial charge in [-0.2, -0.15) is 0 Å². The van der Waals surface area contributed by atoms with Crippen LogP contribution in [0.25, 0.3) is 0 Å². The highest BCUT2D eigenvalue weighted by Crippen LogP contribution is 2.41. The highest BCUT2D eigenvalue weighted by atomic mass is 16.6. The second-order valence-corrected chi connectivity index (χ2v) is 6.19. The maximum atomic E-state index is 11.1. The van der Waals surface area contributed by atoms with Crippen LogP contribution in [0.1, 0.15) is 51.2 Å². The molecule has 0 amide bonds. The predicted octanol–water partition coefficient (Wildman–Crippen LogP) is 3.33. The monoisotopic (exact) mass is 278 g/mol. The summed E-state index contributed by atoms with van der Waals surface area (Å²) in [6.45, 7) is 9.21. The molecule has 0 bridgehead atoms. The normalized spacial score (nSPS) is 14.4. The van der Waals surface area contributed by atoms with Crippen molar-refractivity contribution in [2.45, 2.75) is 45.4 Å². The minimum atomic E-state index is -0.792. The van der Waals surface area contributed by atoms with E-state index in [1.165, 1.54) is 0 Å². The van der Waals surface area contributed by atoms with Crippen molar-refractivity contribution in [3.8, 4) is 11.5 Å². The van der Waals surface area contributed by atoms with Gasteiger partial charge in [-0.15, -0.1) is 0 Å². The van der Waals surface area contributed by atoms with Crippen LogP contribution in [0.4, 0.5) is 0 Å². The largest absolute Gasteiger partial charge is 0.486 e. The number of carboxylic acid groups (broad SMARTS) is 1. The van der Waals surface area contributed by atoms with Gasteiger partial charge in [-0.05, 0) is 29.2 Å². The molecule has 1 aliphatic heterocycles. The lowest BCUT2D eigenvalue weighted by Gasteiger charge is -2.30. The summed E-state index contributed by atoms with van der Waals surface area (Å²) in [7, 11) is 0. The number of carbonyl (C=O) groups is 1. The SMILES string of the molecule is CC(C)c1cc2c(cc1C(C)(C)CC(=O)O)OCCO2. The van der Waals surface area contributed by atoms with Crippen LogP contribution in [0.2, 0.25) is 0 Å². The van der Waals surface area contributed by atoms with Crippen LogP contribution >= 0.6 is 0 Å². The van der Waals surface area contributed by atoms with Gasteiger partial charge in [0.05, 0.1) is 6.42 Å². The van der Waals surface area contributed by atoms with Crippen LogP contribution in [-0.2, 0) is 10.2 Å². The molecule has 20 heavy (non-hydrogen) atoms. The maximum absolute atomic E-state index is 11.1. The maximum Gasteiger partial charge on any atom is 0.304 e. The Hall–Kier alpha value is -1.71. The van der Waals surface area contributed by atoms with E-state index < -0.39 is 11.4 Å². The van der Waals surface area contributed by atoms with E-state index in [1.807, 2.05) is 26.0 Å². The highest BCUT2D eigenvalue weighted by molar-refractivity contribution is 5.69. The number of rotatable bonds is 4. The predicted molar refractivity (Wildman–Crippen MR) is 76.8 cm³/mol. The van der Waals surface area contributed by atoms with Crippen LogP contribution in [-0.4, -0.2) is 24.3 Å². The summed E-state index contributed by atoms with van der Waals surface area (Å²) in [6.07, 6.45) is 0.0896. The molecular weight excluding hydrogens is 256 g/mol. The summed E-state index contributed by atoms with van der Waals surface area (Å²) in [5, 5.41) is 9.12. The average Bonchev–Trinajstić information content (AvgIpc) is 2.35. The lowest BCUT2D eigenvalue weighted by molar-refractivity contribution is -0.138. The third-order valence-corrected chi connectivity index (χ3v) is 3.66. The topological polar surface area (TPSA) is 55.8 Å². The van der Waals surface area contributed by atoms with Crippen LogP contribution in [0.3, 0.4) is 0 Å². The Morgan fingerprint density at radius 2 is 1.80 bits per heavy atom. The van der Waals surface area contributed by atoms with Crippen molar-refractivity contribution in [3.05, 3.63) is 23.3 Å². The van der Waals surface area contributed by atoms with E-state index in [9.17, 15) is 4.79 Å². The van der Waals surface area contributed by atoms with Crippen LogP contribution in [0.15, 0.2) is 12.1 Å². The summed E-state index contributed by atoms with van der Waals surface area (Å²) in [4.78, 5) is 11.1. The Morgan fingerprint density at radius 1 is 1.25 bits per heavy atom. The minimum Gasteiger partial charge on any atom is -0.486 e. The fourth-order valence-corrected chi connectivity index (χ4v) is 2.64. The van der Waals surface area contributed by atoms with E-state index in [1.54, 1.807) is 0 Å². The second kappa shape index (κ2) is 5.35. The van der Waals surface area contributed by atoms with Crippen LogP contribution in [0.5, 0.6) is 11.5 Å². The summed E-state index contributed by atoms with van der Waals surface area (Å²) >= 11 is 0. The third-order valence-electron chi connectivity index (χ3n) is 3.66. The van der Waals surface area contributed by atoms with Gasteiger partial charge in [0.15, 0.2) is 11.5 Å². The molecule has 0 radical (unpaired) electrons. The quantitative estimate of drug-likeness (QED) is 0.917. The van der Waals surface area contributed by atoms with E-state index in [4.69, 9.17) is 14.6 Å². The van der Waals surface area contributed by atoms with Gasteiger partial charge < -0.3 is 14.6 Å². The number of aliphatic carboxylic acids is 1. The molecular formula is C16H22O4. The molecule has 1 aromatic rings. The molecule has 110 valence electrons. The molecule has 1 aliphatic rings. The molecule has 2 rings (SSSR count). The molecule has 1 aromatic carbocycles. The van der Waals surface area contributed by atoms with Crippen molar-refractivity contribution in [3.63, 3.8) is 0 Å². The van der Waals surface area contributed by atoms with Crippen molar-refractivity contribution in [1.29, 1.82) is 0 Å². The Balaban J connectivity index is 2.52. The zero-order valence-electron chi connectivity index (χ0n) is 12.5. The van der Waals surface area contributed by atoms with Gasteiger partial charge in [-0.25, -0.2) is 0 Å². The lowest BCUT2D eigenvalue weighted by Crippen LogP contribution is -2.25. The number of carboxylic acids is 1. The minimum absolute atomic E-state index is 0.0896. The van der Waals surface area contributed by atoms with Crippen molar-refractivity contribution < 1.29 is 19.4 Å². The molecule has 1 heterocycles. The summed E-state index contributed by atoms with van der Waals surface area (Å²) < 4.78 is 11.2. The zero-order valence-corrected chi connectivity index (χ0v) is 12.5. The molecule has 0 aliphatic carbocycles. The van der Waals surface area contributed by atoms with Crippen LogP contribution < -0.4 is 9.47 Å². The molecule has 0 aromatic heterocycles. The fourth-order valence-electron chi connectivity index (χ4n) is 2.64. The number of hydrogen-bond donors (Lipinski definition) is 1. The molecule has 0 unspecified atom stereocenters. The van der Waals surface area contributed by atoms with Gasteiger partial charge >= 0.3 is 5.97 Å². The fraction of sp³-hybridized carbons (Fsp3) is 0.562. The summed E-state index contributed by atoms with van der Waals surface area (Å²) in [5.41, 5.74) is 1.71. The summed E-state index contributed by atoms with van der Waals surface area (Å²) in [5.74, 6) is 0.984. The van der Waals surface area contributed by atoms with Gasteiger partial charge in [0.2, 0.25) is 0 Å². The van der Waals surface area contributed by atoms with Crippen molar-refractivity contribution in [2.75, 3.05) is 13.2 Å². The van der Waals surface area contributed by atoms with Crippen LogP contribution in [0, 0.1) is 0 Å². The molecule has 4 nitrogen and oxygen atoms in total. The first-order valence-corrected chi connectivity index (χ1v) is 6.97. The molecule has 4 heteroatoms. The number of ether oxygens (including phenoxy) is 2. The number of hydrogen-bond acceptors (Lipinski definition) is 3. The van der Waals surface area contributed by atoms with E-state index in [0.717, 1.165) is 16.9 Å². The Kier molecular flexibility index (Phi) is 3.93.